The zero-order valence-corrected chi connectivity index (χ0v) is 17.6. The summed E-state index contributed by atoms with van der Waals surface area (Å²) in [6.45, 7) is 3.08. The van der Waals surface area contributed by atoms with Crippen molar-refractivity contribution < 1.29 is 13.9 Å². The van der Waals surface area contributed by atoms with E-state index in [-0.39, 0.29) is 11.8 Å². The topological polar surface area (TPSA) is 57.7 Å². The standard InChI is InChI=1S/C23H22ClFN4O2/c24-20-3-1-2-4-21(20)28-11-13-29(14-12-28)23(30)27-16-17-5-10-22(26-15-17)31-19-8-6-18(25)7-9-19/h1-10,15H,11-14,16H2,(H,27,30). The van der Waals surface area contributed by atoms with Crippen LogP contribution in [-0.2, 0) is 6.54 Å². The minimum atomic E-state index is -0.323. The molecule has 0 spiro atoms. The molecule has 4 rings (SSSR count). The van der Waals surface area contributed by atoms with Crippen LogP contribution in [0.2, 0.25) is 5.02 Å². The fraction of sp³-hybridized carbons (Fsp3) is 0.217. The Morgan fingerprint density at radius 1 is 1.03 bits per heavy atom. The second-order valence-corrected chi connectivity index (χ2v) is 7.55. The van der Waals surface area contributed by atoms with Gasteiger partial charge in [-0.3, -0.25) is 0 Å². The Morgan fingerprint density at radius 3 is 2.45 bits per heavy atom. The predicted octanol–water partition coefficient (Wildman–Crippen LogP) is 4.70. The molecule has 1 aliphatic rings. The van der Waals surface area contributed by atoms with Crippen LogP contribution in [0.4, 0.5) is 14.9 Å². The number of nitrogens with one attached hydrogen (secondary N) is 1. The van der Waals surface area contributed by atoms with Crippen LogP contribution < -0.4 is 15.0 Å². The van der Waals surface area contributed by atoms with Crippen LogP contribution in [0.3, 0.4) is 0 Å². The number of nitrogens with zero attached hydrogens (tertiary/aromatic N) is 3. The van der Waals surface area contributed by atoms with E-state index in [4.69, 9.17) is 16.3 Å². The first-order chi connectivity index (χ1) is 15.1. The average molecular weight is 441 g/mol. The molecule has 1 N–H and O–H groups in total. The van der Waals surface area contributed by atoms with Crippen molar-refractivity contribution >= 4 is 23.3 Å². The molecule has 0 aliphatic carbocycles. The summed E-state index contributed by atoms with van der Waals surface area (Å²) in [5.74, 6) is 0.583. The summed E-state index contributed by atoms with van der Waals surface area (Å²) in [6.07, 6.45) is 1.65. The van der Waals surface area contributed by atoms with Gasteiger partial charge < -0.3 is 19.9 Å². The predicted molar refractivity (Wildman–Crippen MR) is 118 cm³/mol. The molecule has 1 aromatic heterocycles. The number of benzene rings is 2. The Kier molecular flexibility index (Phi) is 6.52. The highest BCUT2D eigenvalue weighted by Gasteiger charge is 2.22. The van der Waals surface area contributed by atoms with Gasteiger partial charge in [0.05, 0.1) is 10.7 Å². The van der Waals surface area contributed by atoms with E-state index < -0.39 is 0 Å². The lowest BCUT2D eigenvalue weighted by atomic mass is 10.2. The molecule has 1 fully saturated rings. The molecule has 3 aromatic rings. The third kappa shape index (κ3) is 5.44. The van der Waals surface area contributed by atoms with Gasteiger partial charge in [0, 0.05) is 45.0 Å². The van der Waals surface area contributed by atoms with Crippen LogP contribution >= 0.6 is 11.6 Å². The SMILES string of the molecule is O=C(NCc1ccc(Oc2ccc(F)cc2)nc1)N1CCN(c2ccccc2Cl)CC1. The monoisotopic (exact) mass is 440 g/mol. The van der Waals surface area contributed by atoms with Crippen LogP contribution in [0.5, 0.6) is 11.6 Å². The van der Waals surface area contributed by atoms with Crippen molar-refractivity contribution in [1.29, 1.82) is 0 Å². The minimum Gasteiger partial charge on any atom is -0.439 e. The normalized spacial score (nSPS) is 13.7. The number of para-hydroxylation sites is 1. The number of carbonyl (C=O) groups is 1. The van der Waals surface area contributed by atoms with Gasteiger partial charge in [-0.15, -0.1) is 0 Å². The number of anilines is 1. The van der Waals surface area contributed by atoms with Crippen molar-refractivity contribution in [2.45, 2.75) is 6.54 Å². The van der Waals surface area contributed by atoms with Crippen molar-refractivity contribution in [1.82, 2.24) is 15.2 Å². The molecular weight excluding hydrogens is 419 g/mol. The van der Waals surface area contributed by atoms with Crippen molar-refractivity contribution in [3.05, 3.63) is 83.3 Å². The number of amides is 2. The summed E-state index contributed by atoms with van der Waals surface area (Å²) >= 11 is 6.27. The summed E-state index contributed by atoms with van der Waals surface area (Å²) in [5, 5.41) is 3.65. The van der Waals surface area contributed by atoms with Gasteiger partial charge in [0.1, 0.15) is 11.6 Å². The Labute approximate surface area is 185 Å². The lowest BCUT2D eigenvalue weighted by Crippen LogP contribution is -2.51. The van der Waals surface area contributed by atoms with Gasteiger partial charge in [-0.2, -0.15) is 0 Å². The molecule has 6 nitrogen and oxygen atoms in total. The number of urea groups is 1. The highest BCUT2D eigenvalue weighted by Crippen LogP contribution is 2.26. The number of ether oxygens (including phenoxy) is 1. The van der Waals surface area contributed by atoms with E-state index in [0.29, 0.717) is 31.3 Å². The van der Waals surface area contributed by atoms with Crippen LogP contribution in [0.25, 0.3) is 0 Å². The van der Waals surface area contributed by atoms with E-state index in [1.54, 1.807) is 17.2 Å². The van der Waals surface area contributed by atoms with Crippen LogP contribution in [-0.4, -0.2) is 42.1 Å². The third-order valence-corrected chi connectivity index (χ3v) is 5.36. The Morgan fingerprint density at radius 2 is 1.77 bits per heavy atom. The maximum Gasteiger partial charge on any atom is 0.317 e. The Hall–Kier alpha value is -3.32. The van der Waals surface area contributed by atoms with E-state index >= 15 is 0 Å². The van der Waals surface area contributed by atoms with Crippen molar-refractivity contribution in [3.63, 3.8) is 0 Å². The smallest absolute Gasteiger partial charge is 0.317 e. The zero-order chi connectivity index (χ0) is 21.6. The average Bonchev–Trinajstić information content (AvgIpc) is 2.80. The molecule has 1 aliphatic heterocycles. The Balaban J connectivity index is 1.24. The first-order valence-corrected chi connectivity index (χ1v) is 10.4. The zero-order valence-electron chi connectivity index (χ0n) is 16.8. The molecule has 31 heavy (non-hydrogen) atoms. The quantitative estimate of drug-likeness (QED) is 0.625. The molecule has 8 heteroatoms. The van der Waals surface area contributed by atoms with E-state index in [1.165, 1.54) is 24.3 Å². The summed E-state index contributed by atoms with van der Waals surface area (Å²) in [5.41, 5.74) is 1.85. The fourth-order valence-electron chi connectivity index (χ4n) is 3.35. The number of pyridine rings is 1. The maximum atomic E-state index is 13.0. The van der Waals surface area contributed by atoms with Crippen LogP contribution in [0, 0.1) is 5.82 Å². The molecular formula is C23H22ClFN4O2. The molecule has 2 heterocycles. The van der Waals surface area contributed by atoms with Gasteiger partial charge in [-0.1, -0.05) is 29.8 Å². The number of carbonyl (C=O) groups excluding carboxylic acids is 1. The molecule has 2 aromatic carbocycles. The van der Waals surface area contributed by atoms with Gasteiger partial charge in [0.15, 0.2) is 0 Å². The van der Waals surface area contributed by atoms with Crippen LogP contribution in [0.15, 0.2) is 66.9 Å². The number of halogens is 2. The summed E-state index contributed by atoms with van der Waals surface area (Å²) in [4.78, 5) is 20.7. The number of aromatic nitrogens is 1. The third-order valence-electron chi connectivity index (χ3n) is 5.04. The van der Waals surface area contributed by atoms with Gasteiger partial charge in [0.2, 0.25) is 5.88 Å². The second-order valence-electron chi connectivity index (χ2n) is 7.14. The molecule has 0 atom stereocenters. The highest BCUT2D eigenvalue weighted by molar-refractivity contribution is 6.33. The molecule has 0 radical (unpaired) electrons. The second kappa shape index (κ2) is 9.66. The molecule has 0 unspecified atom stereocenters. The van der Waals surface area contributed by atoms with Crippen LogP contribution in [0.1, 0.15) is 5.56 Å². The van der Waals surface area contributed by atoms with Gasteiger partial charge in [-0.05, 0) is 42.0 Å². The van der Waals surface area contributed by atoms with Gasteiger partial charge in [-0.25, -0.2) is 14.2 Å². The summed E-state index contributed by atoms with van der Waals surface area (Å²) in [6, 6.07) is 16.9. The summed E-state index contributed by atoms with van der Waals surface area (Å²) in [7, 11) is 0. The van der Waals surface area contributed by atoms with E-state index in [1.807, 2.05) is 30.3 Å². The van der Waals surface area contributed by atoms with Crippen molar-refractivity contribution in [2.24, 2.45) is 0 Å². The highest BCUT2D eigenvalue weighted by atomic mass is 35.5. The molecule has 0 saturated carbocycles. The van der Waals surface area contributed by atoms with E-state index in [2.05, 4.69) is 15.2 Å². The largest absolute Gasteiger partial charge is 0.439 e. The number of rotatable bonds is 5. The molecule has 1 saturated heterocycles. The van der Waals surface area contributed by atoms with E-state index in [9.17, 15) is 9.18 Å². The van der Waals surface area contributed by atoms with Gasteiger partial charge >= 0.3 is 6.03 Å². The lowest BCUT2D eigenvalue weighted by Gasteiger charge is -2.36. The summed E-state index contributed by atoms with van der Waals surface area (Å²) < 4.78 is 18.5. The molecule has 160 valence electrons. The van der Waals surface area contributed by atoms with E-state index in [0.717, 1.165) is 29.4 Å². The maximum absolute atomic E-state index is 13.0. The number of hydrogen-bond donors (Lipinski definition) is 1. The lowest BCUT2D eigenvalue weighted by molar-refractivity contribution is 0.194. The number of piperazine rings is 1. The van der Waals surface area contributed by atoms with Crippen molar-refractivity contribution in [3.8, 4) is 11.6 Å². The van der Waals surface area contributed by atoms with Crippen molar-refractivity contribution in [2.75, 3.05) is 31.1 Å². The molecule has 2 amide bonds. The molecule has 0 bridgehead atoms. The fourth-order valence-corrected chi connectivity index (χ4v) is 3.60. The number of hydrogen-bond acceptors (Lipinski definition) is 4. The minimum absolute atomic E-state index is 0.106. The Bertz CT molecular complexity index is 1020. The first-order valence-electron chi connectivity index (χ1n) is 9.99. The first kappa shape index (κ1) is 20.9. The van der Waals surface area contributed by atoms with Gasteiger partial charge in [0.25, 0.3) is 0 Å².